The van der Waals surface area contributed by atoms with Gasteiger partial charge in [-0.2, -0.15) is 24.3 Å². The van der Waals surface area contributed by atoms with Crippen LogP contribution in [0.2, 0.25) is 0 Å². The first-order chi connectivity index (χ1) is 35.7. The molecule has 1 aliphatic heterocycles. The minimum absolute atomic E-state index is 0. The van der Waals surface area contributed by atoms with E-state index in [1.54, 1.807) is 0 Å². The minimum Gasteiger partial charge on any atom is -0.415 e. The molecule has 0 atom stereocenters. The largest absolute Gasteiger partial charge is 0.415 e. The molecule has 0 bridgehead atoms. The van der Waals surface area contributed by atoms with Gasteiger partial charge in [-0.25, -0.2) is 4.98 Å². The van der Waals surface area contributed by atoms with Gasteiger partial charge in [0.2, 0.25) is 0 Å². The fourth-order valence-corrected chi connectivity index (χ4v) is 11.1. The summed E-state index contributed by atoms with van der Waals surface area (Å²) >= 11 is 0. The zero-order chi connectivity index (χ0) is 49.4. The minimum atomic E-state index is -0.291. The third-order valence-electron chi connectivity index (χ3n) is 14.6. The molecule has 0 saturated heterocycles. The van der Waals surface area contributed by atoms with E-state index in [1.807, 2.05) is 6.20 Å². The van der Waals surface area contributed by atoms with Crippen molar-refractivity contribution in [3.05, 3.63) is 254 Å². The van der Waals surface area contributed by atoms with Crippen molar-refractivity contribution in [3.8, 4) is 39.4 Å². The zero-order valence-electron chi connectivity index (χ0n) is 41.9. The van der Waals surface area contributed by atoms with Crippen LogP contribution in [0.25, 0.3) is 72.3 Å². The first-order valence-electron chi connectivity index (χ1n) is 25.1. The summed E-state index contributed by atoms with van der Waals surface area (Å²) in [5.41, 5.74) is 19.3. The molecule has 13 rings (SSSR count). The SMILES string of the molecule is Cc1cccc(C)c1B1N(c2[c-]c3c(cc2)c2ccccc2n3-c2cc(C(C)(C)C)ccn2)c2[c-]c(-n3[c-][n+](-c4c(-c5ccccc5)cccc4-c4ccccc4)c4ccccc43)ccc2N1c1ccccc1.[Pt]. The number of rotatable bonds is 8. The van der Waals surface area contributed by atoms with Crippen LogP contribution >= 0.6 is 0 Å². The molecular formula is C66H51BN6Pt-2. The second-order valence-corrected chi connectivity index (χ2v) is 20.1. The maximum Gasteiger partial charge on any atom is 0.406 e. The maximum atomic E-state index is 5.04. The maximum absolute atomic E-state index is 5.04. The van der Waals surface area contributed by atoms with Crippen molar-refractivity contribution in [2.45, 2.75) is 40.0 Å². The Morgan fingerprint density at radius 1 is 0.541 bits per heavy atom. The van der Waals surface area contributed by atoms with E-state index in [1.165, 1.54) is 22.2 Å². The molecule has 74 heavy (non-hydrogen) atoms. The summed E-state index contributed by atoms with van der Waals surface area (Å²) < 4.78 is 6.72. The average molecular weight is 1130 g/mol. The molecule has 0 unspecified atom stereocenters. The Bertz CT molecular complexity index is 3990. The van der Waals surface area contributed by atoms with Crippen LogP contribution < -0.4 is 19.7 Å². The number of hydrogen-bond donors (Lipinski definition) is 0. The van der Waals surface area contributed by atoms with Gasteiger partial charge in [-0.15, -0.1) is 17.5 Å². The number of aryl methyl sites for hydroxylation is 2. The predicted octanol–water partition coefficient (Wildman–Crippen LogP) is 14.7. The molecule has 0 aliphatic carbocycles. The van der Waals surface area contributed by atoms with Crippen LogP contribution in [0.5, 0.6) is 0 Å². The van der Waals surface area contributed by atoms with Crippen LogP contribution in [-0.4, -0.2) is 21.1 Å². The van der Waals surface area contributed by atoms with E-state index in [2.05, 4.69) is 289 Å². The number of anilines is 4. The Morgan fingerprint density at radius 2 is 1.15 bits per heavy atom. The molecule has 9 aromatic carbocycles. The Balaban J connectivity index is 0.00000556. The van der Waals surface area contributed by atoms with Gasteiger partial charge in [0.25, 0.3) is 6.33 Å². The molecule has 0 amide bonds. The van der Waals surface area contributed by atoms with Crippen molar-refractivity contribution in [1.29, 1.82) is 0 Å². The quantitative estimate of drug-likeness (QED) is 0.0864. The van der Waals surface area contributed by atoms with E-state index < -0.39 is 0 Å². The molecule has 3 aromatic heterocycles. The van der Waals surface area contributed by atoms with E-state index in [9.17, 15) is 0 Å². The zero-order valence-corrected chi connectivity index (χ0v) is 44.1. The number of imidazole rings is 1. The van der Waals surface area contributed by atoms with Gasteiger partial charge >= 0.3 is 6.98 Å². The van der Waals surface area contributed by atoms with Crippen molar-refractivity contribution in [2.24, 2.45) is 0 Å². The van der Waals surface area contributed by atoms with Crippen molar-refractivity contribution < 1.29 is 25.6 Å². The second-order valence-electron chi connectivity index (χ2n) is 20.1. The fraction of sp³-hybridized carbons (Fsp3) is 0.0909. The van der Waals surface area contributed by atoms with E-state index in [-0.39, 0.29) is 33.5 Å². The molecule has 0 fully saturated rings. The number of nitrogens with zero attached hydrogens (tertiary/aromatic N) is 6. The number of pyridine rings is 1. The summed E-state index contributed by atoms with van der Waals surface area (Å²) in [6.45, 7) is 10.9. The van der Waals surface area contributed by atoms with Gasteiger partial charge in [-0.1, -0.05) is 212 Å². The molecule has 0 radical (unpaired) electrons. The van der Waals surface area contributed by atoms with Crippen molar-refractivity contribution in [2.75, 3.05) is 9.62 Å². The molecule has 8 heteroatoms. The standard InChI is InChI=1S/C66H51BN6.Pt/c1-45-21-19-22-46(2)64(45)67-72(50-27-13-8-14-28-50)60-38-36-51(42-62(60)73(67)52-35-37-56-55-29-15-16-32-57(55)71(61(56)43-52)63-41-49(39-40-68-63)66(3,4)5)69-44-70(59-34-18-17-33-58(59)69)65-53(47-23-9-6-10-24-47)30-20-31-54(65)48-25-11-7-12-26-48;/h6-41H,1-5H3;/q-2;. The monoisotopic (exact) mass is 1130 g/mol. The Labute approximate surface area is 447 Å². The van der Waals surface area contributed by atoms with Crippen LogP contribution in [0, 0.1) is 32.3 Å². The third-order valence-corrected chi connectivity index (χ3v) is 14.6. The van der Waals surface area contributed by atoms with Crippen molar-refractivity contribution in [1.82, 2.24) is 14.1 Å². The topological polar surface area (TPSA) is 33.1 Å². The summed E-state index contributed by atoms with van der Waals surface area (Å²) in [5.74, 6) is 0.868. The Kier molecular flexibility index (Phi) is 11.8. The predicted molar refractivity (Wildman–Crippen MR) is 301 cm³/mol. The molecule has 4 heterocycles. The van der Waals surface area contributed by atoms with Crippen molar-refractivity contribution >= 4 is 68.0 Å². The van der Waals surface area contributed by atoms with E-state index in [0.29, 0.717) is 0 Å². The smallest absolute Gasteiger partial charge is 0.406 e. The van der Waals surface area contributed by atoms with Gasteiger partial charge in [0.1, 0.15) is 5.82 Å². The number of fused-ring (bicyclic) bond motifs is 5. The molecule has 0 spiro atoms. The van der Waals surface area contributed by atoms with E-state index in [0.717, 1.165) is 95.0 Å². The van der Waals surface area contributed by atoms with Crippen LogP contribution in [-0.2, 0) is 26.5 Å². The number of benzene rings is 9. The average Bonchev–Trinajstić information content (AvgIpc) is 4.09. The molecule has 12 aromatic rings. The second kappa shape index (κ2) is 18.7. The third kappa shape index (κ3) is 7.77. The Hall–Kier alpha value is -8.25. The van der Waals surface area contributed by atoms with Crippen LogP contribution in [0.15, 0.2) is 219 Å². The number of hydrogen-bond acceptors (Lipinski definition) is 3. The summed E-state index contributed by atoms with van der Waals surface area (Å²) in [4.78, 5) is 9.98. The van der Waals surface area contributed by atoms with Crippen LogP contribution in [0.4, 0.5) is 22.7 Å². The molecule has 0 saturated carbocycles. The summed E-state index contributed by atoms with van der Waals surface area (Å²) in [6, 6.07) is 84.1. The normalized spacial score (nSPS) is 12.5. The van der Waals surface area contributed by atoms with Gasteiger partial charge in [-0.05, 0) is 93.9 Å². The van der Waals surface area contributed by atoms with E-state index in [4.69, 9.17) is 4.98 Å². The first kappa shape index (κ1) is 46.8. The first-order valence-corrected chi connectivity index (χ1v) is 25.1. The van der Waals surface area contributed by atoms with Crippen LogP contribution in [0.1, 0.15) is 37.5 Å². The van der Waals surface area contributed by atoms with Crippen LogP contribution in [0.3, 0.4) is 0 Å². The van der Waals surface area contributed by atoms with E-state index >= 15 is 0 Å². The fourth-order valence-electron chi connectivity index (χ4n) is 11.1. The van der Waals surface area contributed by atoms with Crippen molar-refractivity contribution in [3.63, 3.8) is 0 Å². The van der Waals surface area contributed by atoms with Gasteiger partial charge in [0.05, 0.1) is 16.7 Å². The molecular weight excluding hydrogens is 1080 g/mol. The summed E-state index contributed by atoms with van der Waals surface area (Å²) in [7, 11) is 0. The van der Waals surface area contributed by atoms with Gasteiger partial charge in [-0.3, -0.25) is 4.57 Å². The summed E-state index contributed by atoms with van der Waals surface area (Å²) in [5, 5.41) is 2.27. The van der Waals surface area contributed by atoms with Gasteiger partial charge in [0.15, 0.2) is 0 Å². The Morgan fingerprint density at radius 3 is 1.84 bits per heavy atom. The number of para-hydroxylation sites is 5. The molecule has 360 valence electrons. The molecule has 0 N–H and O–H groups in total. The number of aromatic nitrogens is 4. The summed E-state index contributed by atoms with van der Waals surface area (Å²) in [6.07, 6.45) is 5.87. The molecule has 6 nitrogen and oxygen atoms in total. The molecule has 1 aliphatic rings. The van der Waals surface area contributed by atoms with Gasteiger partial charge in [0, 0.05) is 38.5 Å². The van der Waals surface area contributed by atoms with Gasteiger partial charge < -0.3 is 18.8 Å².